The highest BCUT2D eigenvalue weighted by atomic mass is 16.3. The predicted molar refractivity (Wildman–Crippen MR) is 76.5 cm³/mol. The Morgan fingerprint density at radius 2 is 1.95 bits per heavy atom. The van der Waals surface area contributed by atoms with Crippen LogP contribution in [0.3, 0.4) is 0 Å². The van der Waals surface area contributed by atoms with Crippen molar-refractivity contribution in [2.24, 2.45) is 11.7 Å². The maximum Gasteiger partial charge on any atom is 0.0797 e. The van der Waals surface area contributed by atoms with Gasteiger partial charge in [-0.3, -0.25) is 4.90 Å². The first-order valence-corrected chi connectivity index (χ1v) is 7.43. The van der Waals surface area contributed by atoms with E-state index >= 15 is 0 Å². The lowest BCUT2D eigenvalue weighted by Crippen LogP contribution is -2.42. The normalized spacial score (nSPS) is 30.7. The molecule has 1 aromatic carbocycles. The van der Waals surface area contributed by atoms with Crippen LogP contribution >= 0.6 is 0 Å². The first kappa shape index (κ1) is 13.1. The summed E-state index contributed by atoms with van der Waals surface area (Å²) in [6.07, 6.45) is 4.21. The van der Waals surface area contributed by atoms with Crippen molar-refractivity contribution in [1.29, 1.82) is 0 Å². The predicted octanol–water partition coefficient (Wildman–Crippen LogP) is 1.88. The second-order valence-corrected chi connectivity index (χ2v) is 6.16. The molecular formula is C16H24N2O. The summed E-state index contributed by atoms with van der Waals surface area (Å²) in [4.78, 5) is 2.49. The summed E-state index contributed by atoms with van der Waals surface area (Å²) in [6, 6.07) is 8.68. The summed E-state index contributed by atoms with van der Waals surface area (Å²) < 4.78 is 0. The van der Waals surface area contributed by atoms with E-state index in [4.69, 9.17) is 5.73 Å². The van der Waals surface area contributed by atoms with Crippen LogP contribution in [0.15, 0.2) is 24.3 Å². The first-order chi connectivity index (χ1) is 9.21. The van der Waals surface area contributed by atoms with Gasteiger partial charge in [0.25, 0.3) is 0 Å². The summed E-state index contributed by atoms with van der Waals surface area (Å²) >= 11 is 0. The van der Waals surface area contributed by atoms with Gasteiger partial charge in [-0.15, -0.1) is 0 Å². The van der Waals surface area contributed by atoms with Crippen molar-refractivity contribution in [2.75, 3.05) is 13.1 Å². The Morgan fingerprint density at radius 3 is 2.58 bits per heavy atom. The van der Waals surface area contributed by atoms with Crippen LogP contribution in [0.2, 0.25) is 0 Å². The van der Waals surface area contributed by atoms with Gasteiger partial charge in [0, 0.05) is 19.6 Å². The number of rotatable bonds is 4. The number of nitrogens with two attached hydrogens (primary N) is 1. The SMILES string of the molecule is NCC1(O)CCCC1CCN1Cc2ccccc2C1. The molecule has 1 saturated carbocycles. The van der Waals surface area contributed by atoms with E-state index in [1.807, 2.05) is 0 Å². The summed E-state index contributed by atoms with van der Waals surface area (Å²) in [6.45, 7) is 3.60. The molecule has 0 spiro atoms. The zero-order valence-corrected chi connectivity index (χ0v) is 11.5. The van der Waals surface area contributed by atoms with Crippen molar-refractivity contribution < 1.29 is 5.11 Å². The van der Waals surface area contributed by atoms with Gasteiger partial charge in [0.1, 0.15) is 0 Å². The zero-order valence-electron chi connectivity index (χ0n) is 11.5. The molecule has 0 aromatic heterocycles. The summed E-state index contributed by atoms with van der Waals surface area (Å²) in [5.74, 6) is 0.390. The Hall–Kier alpha value is -0.900. The molecule has 104 valence electrons. The van der Waals surface area contributed by atoms with Crippen LogP contribution in [-0.2, 0) is 13.1 Å². The molecule has 3 nitrogen and oxygen atoms in total. The van der Waals surface area contributed by atoms with E-state index < -0.39 is 5.60 Å². The van der Waals surface area contributed by atoms with Crippen molar-refractivity contribution in [3.05, 3.63) is 35.4 Å². The molecule has 2 aliphatic rings. The Morgan fingerprint density at radius 1 is 1.26 bits per heavy atom. The fraction of sp³-hybridized carbons (Fsp3) is 0.625. The first-order valence-electron chi connectivity index (χ1n) is 7.43. The van der Waals surface area contributed by atoms with Crippen LogP contribution < -0.4 is 5.73 Å². The van der Waals surface area contributed by atoms with Crippen LogP contribution in [0.25, 0.3) is 0 Å². The maximum absolute atomic E-state index is 10.5. The van der Waals surface area contributed by atoms with E-state index in [1.54, 1.807) is 0 Å². The highest BCUT2D eigenvalue weighted by Gasteiger charge is 2.39. The lowest BCUT2D eigenvalue weighted by Gasteiger charge is -2.30. The van der Waals surface area contributed by atoms with E-state index in [-0.39, 0.29) is 0 Å². The number of hydrogen-bond acceptors (Lipinski definition) is 3. The monoisotopic (exact) mass is 260 g/mol. The van der Waals surface area contributed by atoms with Crippen molar-refractivity contribution >= 4 is 0 Å². The minimum Gasteiger partial charge on any atom is -0.388 e. The number of nitrogens with zero attached hydrogens (tertiary/aromatic N) is 1. The Bertz CT molecular complexity index is 423. The molecule has 1 aliphatic heterocycles. The molecule has 0 saturated heterocycles. The van der Waals surface area contributed by atoms with Gasteiger partial charge in [-0.1, -0.05) is 30.7 Å². The van der Waals surface area contributed by atoms with E-state index in [0.717, 1.165) is 45.3 Å². The Balaban J connectivity index is 1.55. The number of hydrogen-bond donors (Lipinski definition) is 2. The van der Waals surface area contributed by atoms with Crippen molar-refractivity contribution in [3.63, 3.8) is 0 Å². The van der Waals surface area contributed by atoms with Gasteiger partial charge in [-0.25, -0.2) is 0 Å². The molecule has 3 rings (SSSR count). The van der Waals surface area contributed by atoms with Crippen molar-refractivity contribution in [3.8, 4) is 0 Å². The second kappa shape index (κ2) is 5.23. The highest BCUT2D eigenvalue weighted by Crippen LogP contribution is 2.37. The third-order valence-electron chi connectivity index (χ3n) is 4.98. The van der Waals surface area contributed by atoms with Crippen LogP contribution in [0, 0.1) is 5.92 Å². The molecule has 2 unspecified atom stereocenters. The molecule has 1 aromatic rings. The van der Waals surface area contributed by atoms with Gasteiger partial charge < -0.3 is 10.8 Å². The van der Waals surface area contributed by atoms with Gasteiger partial charge in [-0.05, 0) is 42.9 Å². The molecular weight excluding hydrogens is 236 g/mol. The average Bonchev–Trinajstić information content (AvgIpc) is 3.00. The van der Waals surface area contributed by atoms with E-state index in [0.29, 0.717) is 12.5 Å². The lowest BCUT2D eigenvalue weighted by atomic mass is 9.88. The molecule has 3 N–H and O–H groups in total. The number of aliphatic hydroxyl groups is 1. The lowest BCUT2D eigenvalue weighted by molar-refractivity contribution is 0.00442. The van der Waals surface area contributed by atoms with Crippen molar-refractivity contribution in [1.82, 2.24) is 4.90 Å². The number of benzene rings is 1. The summed E-state index contributed by atoms with van der Waals surface area (Å²) in [5.41, 5.74) is 8.08. The molecule has 1 aliphatic carbocycles. The molecule has 0 amide bonds. The largest absolute Gasteiger partial charge is 0.388 e. The third-order valence-corrected chi connectivity index (χ3v) is 4.98. The van der Waals surface area contributed by atoms with Gasteiger partial charge in [0.05, 0.1) is 5.60 Å². The van der Waals surface area contributed by atoms with E-state index in [9.17, 15) is 5.11 Å². The molecule has 3 heteroatoms. The molecule has 2 atom stereocenters. The Labute approximate surface area is 115 Å². The fourth-order valence-corrected chi connectivity index (χ4v) is 3.71. The minimum absolute atomic E-state index is 0.390. The fourth-order valence-electron chi connectivity index (χ4n) is 3.71. The third kappa shape index (κ3) is 2.55. The molecule has 1 heterocycles. The van der Waals surface area contributed by atoms with Gasteiger partial charge >= 0.3 is 0 Å². The van der Waals surface area contributed by atoms with Crippen LogP contribution in [0.5, 0.6) is 0 Å². The van der Waals surface area contributed by atoms with Crippen LogP contribution in [0.1, 0.15) is 36.8 Å². The van der Waals surface area contributed by atoms with Crippen LogP contribution in [0.4, 0.5) is 0 Å². The van der Waals surface area contributed by atoms with Gasteiger partial charge in [0.15, 0.2) is 0 Å². The summed E-state index contributed by atoms with van der Waals surface area (Å²) in [5, 5.41) is 10.5. The van der Waals surface area contributed by atoms with E-state index in [2.05, 4.69) is 29.2 Å². The standard InChI is InChI=1S/C16H24N2O/c17-12-16(19)8-3-6-15(16)7-9-18-10-13-4-1-2-5-14(13)11-18/h1-2,4-5,15,19H,3,6-12,17H2. The van der Waals surface area contributed by atoms with E-state index in [1.165, 1.54) is 11.1 Å². The topological polar surface area (TPSA) is 49.5 Å². The molecule has 19 heavy (non-hydrogen) atoms. The maximum atomic E-state index is 10.5. The molecule has 1 fully saturated rings. The smallest absolute Gasteiger partial charge is 0.0797 e. The average molecular weight is 260 g/mol. The zero-order chi connectivity index (χ0) is 13.3. The quantitative estimate of drug-likeness (QED) is 0.869. The molecule has 0 radical (unpaired) electrons. The van der Waals surface area contributed by atoms with Gasteiger partial charge in [0.2, 0.25) is 0 Å². The number of fused-ring (bicyclic) bond motifs is 1. The van der Waals surface area contributed by atoms with Crippen molar-refractivity contribution in [2.45, 2.75) is 44.4 Å². The minimum atomic E-state index is -0.591. The van der Waals surface area contributed by atoms with Crippen LogP contribution in [-0.4, -0.2) is 28.7 Å². The Kier molecular flexibility index (Phi) is 3.61. The second-order valence-electron chi connectivity index (χ2n) is 6.16. The van der Waals surface area contributed by atoms with Gasteiger partial charge in [-0.2, -0.15) is 0 Å². The highest BCUT2D eigenvalue weighted by molar-refractivity contribution is 5.30. The summed E-state index contributed by atoms with van der Waals surface area (Å²) in [7, 11) is 0. The molecule has 0 bridgehead atoms.